The molecule has 0 aliphatic heterocycles. The van der Waals surface area contributed by atoms with Crippen molar-refractivity contribution in [2.45, 2.75) is 34.1 Å². The van der Waals surface area contributed by atoms with Gasteiger partial charge in [0, 0.05) is 24.8 Å². The molecular formula is C12H22BrNO. The van der Waals surface area contributed by atoms with Gasteiger partial charge < -0.3 is 4.90 Å². The molecule has 15 heavy (non-hydrogen) atoms. The summed E-state index contributed by atoms with van der Waals surface area (Å²) in [6.45, 7) is 9.61. The van der Waals surface area contributed by atoms with E-state index in [2.05, 4.69) is 43.6 Å². The van der Waals surface area contributed by atoms with Crippen LogP contribution in [-0.2, 0) is 4.79 Å². The van der Waals surface area contributed by atoms with Crippen LogP contribution in [0.25, 0.3) is 0 Å². The minimum Gasteiger partial charge on any atom is -0.345 e. The highest BCUT2D eigenvalue weighted by Crippen LogP contribution is 2.68. The Balaban J connectivity index is 2.57. The summed E-state index contributed by atoms with van der Waals surface area (Å²) in [4.78, 5) is 14.0. The van der Waals surface area contributed by atoms with Crippen molar-refractivity contribution >= 4 is 21.8 Å². The molecule has 2 nitrogen and oxygen atoms in total. The Hall–Kier alpha value is -0.0500. The predicted molar refractivity (Wildman–Crippen MR) is 67.1 cm³/mol. The molecule has 0 bridgehead atoms. The van der Waals surface area contributed by atoms with E-state index in [1.165, 1.54) is 0 Å². The lowest BCUT2D eigenvalue weighted by molar-refractivity contribution is -0.132. The van der Waals surface area contributed by atoms with Gasteiger partial charge in [0.2, 0.25) is 5.91 Å². The zero-order chi connectivity index (χ0) is 11.9. The molecule has 0 aromatic carbocycles. The van der Waals surface area contributed by atoms with E-state index < -0.39 is 0 Å². The Morgan fingerprint density at radius 3 is 2.07 bits per heavy atom. The lowest BCUT2D eigenvalue weighted by atomic mass is 10.0. The summed E-state index contributed by atoms with van der Waals surface area (Å²) in [5.41, 5.74) is 0.319. The van der Waals surface area contributed by atoms with Gasteiger partial charge in [0.1, 0.15) is 0 Å². The summed E-state index contributed by atoms with van der Waals surface area (Å²) in [6.07, 6.45) is 1.02. The second kappa shape index (κ2) is 4.08. The van der Waals surface area contributed by atoms with Crippen LogP contribution in [0.5, 0.6) is 0 Å². The van der Waals surface area contributed by atoms with Gasteiger partial charge >= 0.3 is 0 Å². The summed E-state index contributed by atoms with van der Waals surface area (Å²) < 4.78 is 0. The number of rotatable bonds is 4. The molecule has 0 heterocycles. The van der Waals surface area contributed by atoms with Gasteiger partial charge in [-0.3, -0.25) is 4.79 Å². The first-order chi connectivity index (χ1) is 6.76. The number of carbonyl (C=O) groups is 1. The van der Waals surface area contributed by atoms with Crippen molar-refractivity contribution in [2.24, 2.45) is 16.7 Å². The zero-order valence-corrected chi connectivity index (χ0v) is 12.0. The average Bonchev–Trinajstić information content (AvgIpc) is 2.52. The minimum atomic E-state index is 0.159. The molecule has 3 heteroatoms. The Kier molecular flexibility index (Phi) is 3.54. The number of alkyl halides is 1. The first-order valence-electron chi connectivity index (χ1n) is 5.57. The molecule has 0 N–H and O–H groups in total. The van der Waals surface area contributed by atoms with E-state index in [0.717, 1.165) is 18.3 Å². The first-order valence-corrected chi connectivity index (χ1v) is 6.70. The average molecular weight is 276 g/mol. The fourth-order valence-corrected chi connectivity index (χ4v) is 2.69. The van der Waals surface area contributed by atoms with E-state index in [-0.39, 0.29) is 16.7 Å². The van der Waals surface area contributed by atoms with Gasteiger partial charge in [-0.15, -0.1) is 0 Å². The maximum atomic E-state index is 12.2. The highest BCUT2D eigenvalue weighted by Gasteiger charge is 2.68. The number of nitrogens with zero attached hydrogens (tertiary/aromatic N) is 1. The van der Waals surface area contributed by atoms with E-state index in [1.54, 1.807) is 0 Å². The maximum Gasteiger partial charge on any atom is 0.226 e. The van der Waals surface area contributed by atoms with Crippen molar-refractivity contribution in [3.63, 3.8) is 0 Å². The summed E-state index contributed by atoms with van der Waals surface area (Å²) in [5, 5.41) is 0.960. The highest BCUT2D eigenvalue weighted by molar-refractivity contribution is 9.09. The van der Waals surface area contributed by atoms with Gasteiger partial charge in [0.25, 0.3) is 0 Å². The molecule has 1 aliphatic carbocycles. The monoisotopic (exact) mass is 275 g/mol. The van der Waals surface area contributed by atoms with E-state index in [1.807, 2.05) is 11.9 Å². The van der Waals surface area contributed by atoms with Crippen molar-refractivity contribution in [2.75, 3.05) is 18.9 Å². The molecule has 1 saturated carbocycles. The smallest absolute Gasteiger partial charge is 0.226 e. The van der Waals surface area contributed by atoms with Crippen LogP contribution in [0.3, 0.4) is 0 Å². The third kappa shape index (κ3) is 2.08. The molecule has 1 aliphatic rings. The summed E-state index contributed by atoms with van der Waals surface area (Å²) >= 11 is 3.39. The normalized spacial score (nSPS) is 22.5. The SMILES string of the molecule is CN(CCCBr)C(=O)C1C(C)(C)C1(C)C. The lowest BCUT2D eigenvalue weighted by Crippen LogP contribution is -2.31. The van der Waals surface area contributed by atoms with Crippen LogP contribution >= 0.6 is 15.9 Å². The number of amides is 1. The molecular weight excluding hydrogens is 254 g/mol. The molecule has 1 fully saturated rings. The van der Waals surface area contributed by atoms with Crippen molar-refractivity contribution in [3.8, 4) is 0 Å². The summed E-state index contributed by atoms with van der Waals surface area (Å²) in [7, 11) is 1.91. The fourth-order valence-electron chi connectivity index (χ4n) is 2.44. The summed E-state index contributed by atoms with van der Waals surface area (Å²) in [5.74, 6) is 0.510. The molecule has 0 aromatic rings. The van der Waals surface area contributed by atoms with Crippen molar-refractivity contribution < 1.29 is 4.79 Å². The van der Waals surface area contributed by atoms with E-state index in [9.17, 15) is 4.79 Å². The zero-order valence-electron chi connectivity index (χ0n) is 10.4. The largest absolute Gasteiger partial charge is 0.345 e. The van der Waals surface area contributed by atoms with E-state index >= 15 is 0 Å². The Bertz CT molecular complexity index is 246. The summed E-state index contributed by atoms with van der Waals surface area (Å²) in [6, 6.07) is 0. The molecule has 0 radical (unpaired) electrons. The third-order valence-electron chi connectivity index (χ3n) is 4.27. The quantitative estimate of drug-likeness (QED) is 0.723. The molecule has 1 rings (SSSR count). The molecule has 88 valence electrons. The van der Waals surface area contributed by atoms with E-state index in [0.29, 0.717) is 5.91 Å². The van der Waals surface area contributed by atoms with Gasteiger partial charge in [0.05, 0.1) is 0 Å². The van der Waals surface area contributed by atoms with Gasteiger partial charge in [-0.1, -0.05) is 43.6 Å². The Labute approximate surface area is 102 Å². The van der Waals surface area contributed by atoms with Crippen molar-refractivity contribution in [3.05, 3.63) is 0 Å². The standard InChI is InChI=1S/C12H22BrNO/c1-11(2)9(12(11,3)4)10(15)14(5)8-6-7-13/h9H,6-8H2,1-5H3. The molecule has 0 saturated heterocycles. The van der Waals surface area contributed by atoms with Crippen LogP contribution in [0.1, 0.15) is 34.1 Å². The van der Waals surface area contributed by atoms with Gasteiger partial charge in [-0.05, 0) is 17.3 Å². The predicted octanol–water partition coefficient (Wildman–Crippen LogP) is 2.91. The Morgan fingerprint density at radius 2 is 1.73 bits per heavy atom. The topological polar surface area (TPSA) is 20.3 Å². The van der Waals surface area contributed by atoms with Gasteiger partial charge in [-0.2, -0.15) is 0 Å². The Morgan fingerprint density at radius 1 is 1.27 bits per heavy atom. The maximum absolute atomic E-state index is 12.2. The highest BCUT2D eigenvalue weighted by atomic mass is 79.9. The number of carbonyl (C=O) groups excluding carboxylic acids is 1. The molecule has 0 spiro atoms. The molecule has 0 unspecified atom stereocenters. The number of hydrogen-bond acceptors (Lipinski definition) is 1. The van der Waals surface area contributed by atoms with Crippen molar-refractivity contribution in [1.29, 1.82) is 0 Å². The van der Waals surface area contributed by atoms with Gasteiger partial charge in [0.15, 0.2) is 0 Å². The lowest BCUT2D eigenvalue weighted by Gasteiger charge is -2.17. The van der Waals surface area contributed by atoms with Crippen LogP contribution in [-0.4, -0.2) is 29.7 Å². The number of halogens is 1. The number of hydrogen-bond donors (Lipinski definition) is 0. The van der Waals surface area contributed by atoms with Gasteiger partial charge in [-0.25, -0.2) is 0 Å². The first kappa shape index (κ1) is 13.0. The third-order valence-corrected chi connectivity index (χ3v) is 4.83. The van der Waals surface area contributed by atoms with Crippen LogP contribution in [0.4, 0.5) is 0 Å². The molecule has 0 aromatic heterocycles. The van der Waals surface area contributed by atoms with Crippen LogP contribution in [0.15, 0.2) is 0 Å². The second-order valence-electron chi connectivity index (χ2n) is 5.68. The van der Waals surface area contributed by atoms with Crippen LogP contribution < -0.4 is 0 Å². The van der Waals surface area contributed by atoms with Crippen molar-refractivity contribution in [1.82, 2.24) is 4.90 Å². The molecule has 1 amide bonds. The molecule has 0 atom stereocenters. The minimum absolute atomic E-state index is 0.159. The van der Waals surface area contributed by atoms with Crippen LogP contribution in [0, 0.1) is 16.7 Å². The van der Waals surface area contributed by atoms with Crippen LogP contribution in [0.2, 0.25) is 0 Å². The van der Waals surface area contributed by atoms with E-state index in [4.69, 9.17) is 0 Å². The second-order valence-corrected chi connectivity index (χ2v) is 6.47. The fraction of sp³-hybridized carbons (Fsp3) is 0.917.